The third kappa shape index (κ3) is 4.00. The van der Waals surface area contributed by atoms with Gasteiger partial charge in [0.25, 0.3) is 0 Å². The van der Waals surface area contributed by atoms with E-state index in [1.165, 1.54) is 95.0 Å². The second kappa shape index (κ2) is 10.7. The van der Waals surface area contributed by atoms with Gasteiger partial charge in [-0.3, -0.25) is 0 Å². The monoisotopic (exact) mass is 669 g/mol. The molecule has 0 aliphatic heterocycles. The molecule has 10 rings (SSSR count). The summed E-state index contributed by atoms with van der Waals surface area (Å²) in [6.07, 6.45) is 0. The Balaban J connectivity index is 1.41. The first-order valence-electron chi connectivity index (χ1n) is 18.7. The van der Waals surface area contributed by atoms with Crippen molar-refractivity contribution in [3.63, 3.8) is 0 Å². The minimum Gasteiger partial charge on any atom is -0.309 e. The Labute approximate surface area is 308 Å². The first kappa shape index (κ1) is 31.1. The molecule has 0 radical (unpaired) electrons. The van der Waals surface area contributed by atoms with Crippen LogP contribution in [-0.4, -0.2) is 0 Å². The summed E-state index contributed by atoms with van der Waals surface area (Å²) in [6.45, 7) is 14.6. The number of nitrogens with zero attached hydrogens (tertiary/aromatic N) is 1. The van der Waals surface area contributed by atoms with Gasteiger partial charge in [0.1, 0.15) is 0 Å². The van der Waals surface area contributed by atoms with Gasteiger partial charge >= 0.3 is 0 Å². The lowest BCUT2D eigenvalue weighted by molar-refractivity contribution is 0.638. The van der Waals surface area contributed by atoms with Gasteiger partial charge in [0.15, 0.2) is 0 Å². The summed E-state index contributed by atoms with van der Waals surface area (Å²) in [7, 11) is 0. The molecule has 0 unspecified atom stereocenters. The summed E-state index contributed by atoms with van der Waals surface area (Å²) in [5.74, 6) is 0. The average Bonchev–Trinajstić information content (AvgIpc) is 3.65. The zero-order valence-corrected chi connectivity index (χ0v) is 30.9. The maximum atomic E-state index is 2.70. The topological polar surface area (TPSA) is 3.24 Å². The smallest absolute Gasteiger partial charge is 0.0556 e. The fourth-order valence-corrected chi connectivity index (χ4v) is 10.3. The SMILES string of the molecule is CC1(C)c2ccccc2-c2cccc(N(c3ccccc3-c3ccccc3)c3c4c(cc5c3C(C)(C)c3ccccc3-5)-c3ccccc3C4(C)C)c21. The van der Waals surface area contributed by atoms with Crippen molar-refractivity contribution >= 4 is 17.1 Å². The molecular weight excluding hydrogens is 627 g/mol. The normalized spacial score (nSPS) is 16.0. The molecule has 252 valence electrons. The van der Waals surface area contributed by atoms with Crippen molar-refractivity contribution in [2.45, 2.75) is 57.8 Å². The Morgan fingerprint density at radius 1 is 0.327 bits per heavy atom. The second-order valence-electron chi connectivity index (χ2n) is 16.5. The molecule has 1 nitrogen and oxygen atoms in total. The highest BCUT2D eigenvalue weighted by molar-refractivity contribution is 6.03. The molecule has 0 heterocycles. The molecule has 0 atom stereocenters. The molecule has 0 spiro atoms. The predicted octanol–water partition coefficient (Wildman–Crippen LogP) is 13.7. The molecular formula is C51H43N. The van der Waals surface area contributed by atoms with Crippen LogP contribution in [0.4, 0.5) is 17.1 Å². The Kier molecular flexibility index (Phi) is 6.39. The van der Waals surface area contributed by atoms with Gasteiger partial charge in [-0.05, 0) is 90.5 Å². The van der Waals surface area contributed by atoms with Gasteiger partial charge in [-0.1, -0.05) is 175 Å². The Morgan fingerprint density at radius 2 is 0.731 bits per heavy atom. The highest BCUT2D eigenvalue weighted by Crippen LogP contribution is 2.64. The Morgan fingerprint density at radius 3 is 1.29 bits per heavy atom. The van der Waals surface area contributed by atoms with Gasteiger partial charge in [0.2, 0.25) is 0 Å². The first-order chi connectivity index (χ1) is 25.1. The van der Waals surface area contributed by atoms with E-state index in [-0.39, 0.29) is 16.2 Å². The van der Waals surface area contributed by atoms with E-state index in [9.17, 15) is 0 Å². The fraction of sp³-hybridized carbons (Fsp3) is 0.176. The second-order valence-corrected chi connectivity index (χ2v) is 16.5. The van der Waals surface area contributed by atoms with Crippen LogP contribution in [0.1, 0.15) is 74.9 Å². The number of anilines is 3. The largest absolute Gasteiger partial charge is 0.309 e. The summed E-state index contributed by atoms with van der Waals surface area (Å²) >= 11 is 0. The molecule has 0 bridgehead atoms. The number of fused-ring (bicyclic) bond motifs is 9. The molecule has 0 saturated heterocycles. The van der Waals surface area contributed by atoms with Crippen LogP contribution in [0.3, 0.4) is 0 Å². The van der Waals surface area contributed by atoms with E-state index in [0.717, 1.165) is 0 Å². The summed E-state index contributed by atoms with van der Waals surface area (Å²) in [6, 6.07) is 56.8. The summed E-state index contributed by atoms with van der Waals surface area (Å²) in [5.41, 5.74) is 21.9. The zero-order chi connectivity index (χ0) is 35.6. The van der Waals surface area contributed by atoms with Crippen LogP contribution in [0.25, 0.3) is 44.5 Å². The minimum atomic E-state index is -0.239. The lowest BCUT2D eigenvalue weighted by Gasteiger charge is -2.39. The van der Waals surface area contributed by atoms with Crippen molar-refractivity contribution in [1.82, 2.24) is 0 Å². The van der Waals surface area contributed by atoms with Crippen LogP contribution in [0.5, 0.6) is 0 Å². The number of hydrogen-bond acceptors (Lipinski definition) is 1. The van der Waals surface area contributed by atoms with Crippen molar-refractivity contribution in [1.29, 1.82) is 0 Å². The average molecular weight is 670 g/mol. The molecule has 52 heavy (non-hydrogen) atoms. The van der Waals surface area contributed by atoms with Gasteiger partial charge in [-0.25, -0.2) is 0 Å². The number of hydrogen-bond donors (Lipinski definition) is 0. The highest BCUT2D eigenvalue weighted by Gasteiger charge is 2.48. The maximum absolute atomic E-state index is 2.70. The van der Waals surface area contributed by atoms with Crippen molar-refractivity contribution in [3.8, 4) is 44.5 Å². The van der Waals surface area contributed by atoms with Gasteiger partial charge in [0, 0.05) is 21.8 Å². The summed E-state index contributed by atoms with van der Waals surface area (Å²) in [4.78, 5) is 2.70. The van der Waals surface area contributed by atoms with E-state index in [2.05, 4.69) is 198 Å². The van der Waals surface area contributed by atoms with Crippen LogP contribution in [0.2, 0.25) is 0 Å². The third-order valence-electron chi connectivity index (χ3n) is 12.6. The van der Waals surface area contributed by atoms with Crippen LogP contribution in [-0.2, 0) is 16.2 Å². The van der Waals surface area contributed by atoms with E-state index in [1.807, 2.05) is 0 Å². The van der Waals surface area contributed by atoms with Gasteiger partial charge in [-0.2, -0.15) is 0 Å². The van der Waals surface area contributed by atoms with E-state index in [1.54, 1.807) is 0 Å². The molecule has 0 N–H and O–H groups in total. The first-order valence-corrected chi connectivity index (χ1v) is 18.7. The highest BCUT2D eigenvalue weighted by atomic mass is 15.2. The summed E-state index contributed by atoms with van der Waals surface area (Å²) < 4.78 is 0. The molecule has 7 aromatic rings. The van der Waals surface area contributed by atoms with E-state index < -0.39 is 0 Å². The van der Waals surface area contributed by atoms with Gasteiger partial charge in [0.05, 0.1) is 17.1 Å². The lowest BCUT2D eigenvalue weighted by atomic mass is 9.75. The molecule has 0 amide bonds. The summed E-state index contributed by atoms with van der Waals surface area (Å²) in [5, 5.41) is 0. The molecule has 3 aliphatic carbocycles. The van der Waals surface area contributed by atoms with E-state index in [0.29, 0.717) is 0 Å². The minimum absolute atomic E-state index is 0.208. The standard InChI is InChI=1S/C51H43N/c1-49(2)40-26-14-10-22-34(40)37-25-18-30-44(45(37)49)52(43-29-17-13-21-33(43)32-19-8-7-9-20-32)48-46-38(35-23-11-15-27-41(35)50(46,3)4)31-39-36-24-12-16-28-42(36)51(5,6)47(39)48/h7-31H,1-6H3. The van der Waals surface area contributed by atoms with Crippen molar-refractivity contribution in [3.05, 3.63) is 185 Å². The molecule has 7 aromatic carbocycles. The number of para-hydroxylation sites is 1. The molecule has 1 heteroatoms. The van der Waals surface area contributed by atoms with Gasteiger partial charge in [-0.15, -0.1) is 0 Å². The fourth-order valence-electron chi connectivity index (χ4n) is 10.3. The molecule has 0 saturated carbocycles. The van der Waals surface area contributed by atoms with Crippen molar-refractivity contribution in [2.75, 3.05) is 4.90 Å². The van der Waals surface area contributed by atoms with Crippen LogP contribution in [0, 0.1) is 0 Å². The van der Waals surface area contributed by atoms with E-state index in [4.69, 9.17) is 0 Å². The number of rotatable bonds is 4. The zero-order valence-electron chi connectivity index (χ0n) is 30.9. The number of benzene rings is 7. The van der Waals surface area contributed by atoms with Crippen molar-refractivity contribution in [2.24, 2.45) is 0 Å². The third-order valence-corrected chi connectivity index (χ3v) is 12.6. The Bertz CT molecular complexity index is 2520. The quantitative estimate of drug-likeness (QED) is 0.180. The van der Waals surface area contributed by atoms with Crippen LogP contribution >= 0.6 is 0 Å². The van der Waals surface area contributed by atoms with Crippen LogP contribution < -0.4 is 4.90 Å². The van der Waals surface area contributed by atoms with E-state index >= 15 is 0 Å². The lowest BCUT2D eigenvalue weighted by Crippen LogP contribution is -2.28. The molecule has 0 aromatic heterocycles. The predicted molar refractivity (Wildman–Crippen MR) is 219 cm³/mol. The van der Waals surface area contributed by atoms with Crippen LogP contribution in [0.15, 0.2) is 152 Å². The van der Waals surface area contributed by atoms with Crippen molar-refractivity contribution < 1.29 is 0 Å². The molecule has 0 fully saturated rings. The maximum Gasteiger partial charge on any atom is 0.0556 e. The Hall–Kier alpha value is -5.66. The molecule has 3 aliphatic rings. The van der Waals surface area contributed by atoms with Gasteiger partial charge < -0.3 is 4.90 Å².